The maximum atomic E-state index is 11.3. The molecule has 1 aromatic carbocycles. The summed E-state index contributed by atoms with van der Waals surface area (Å²) in [5.74, 6) is -0.265. The van der Waals surface area contributed by atoms with Crippen molar-refractivity contribution in [3.63, 3.8) is 0 Å². The second-order valence-corrected chi connectivity index (χ2v) is 3.03. The van der Waals surface area contributed by atoms with Crippen LogP contribution in [0, 0.1) is 0 Å². The summed E-state index contributed by atoms with van der Waals surface area (Å²) in [5, 5.41) is 9.93. The zero-order valence-electron chi connectivity index (χ0n) is 6.97. The highest BCUT2D eigenvalue weighted by Crippen LogP contribution is 2.23. The largest absolute Gasteiger partial charge is 0.372 e. The predicted octanol–water partition coefficient (Wildman–Crippen LogP) is 0.528. The fourth-order valence-corrected chi connectivity index (χ4v) is 1.38. The first-order valence-corrected chi connectivity index (χ1v) is 4.06. The third-order valence-corrected chi connectivity index (χ3v) is 2.15. The van der Waals surface area contributed by atoms with E-state index < -0.39 is 5.60 Å². The molecule has 0 radical (unpaired) electrons. The smallest absolute Gasteiger partial charge is 0.195 e. The molecule has 1 aromatic rings. The van der Waals surface area contributed by atoms with E-state index in [1.807, 2.05) is 6.07 Å². The average Bonchev–Trinajstić information content (AvgIpc) is 2.50. The van der Waals surface area contributed by atoms with Gasteiger partial charge in [-0.1, -0.05) is 30.3 Å². The molecule has 1 atom stereocenters. The zero-order valence-corrected chi connectivity index (χ0v) is 6.97. The molecule has 0 bridgehead atoms. The van der Waals surface area contributed by atoms with E-state index in [9.17, 15) is 9.90 Å². The summed E-state index contributed by atoms with van der Waals surface area (Å²) < 4.78 is 0. The average molecular weight is 175 g/mol. The van der Waals surface area contributed by atoms with Crippen molar-refractivity contribution in [1.29, 1.82) is 0 Å². The first kappa shape index (κ1) is 8.13. The lowest BCUT2D eigenvalue weighted by molar-refractivity contribution is -0.128. The van der Waals surface area contributed by atoms with Crippen molar-refractivity contribution in [3.8, 4) is 0 Å². The zero-order chi connectivity index (χ0) is 9.31. The molecule has 13 heavy (non-hydrogen) atoms. The maximum absolute atomic E-state index is 11.3. The summed E-state index contributed by atoms with van der Waals surface area (Å²) in [6, 6.07) is 8.84. The number of aliphatic hydroxyl groups is 1. The molecule has 0 amide bonds. The Morgan fingerprint density at radius 3 is 2.54 bits per heavy atom. The van der Waals surface area contributed by atoms with E-state index in [4.69, 9.17) is 0 Å². The van der Waals surface area contributed by atoms with Crippen LogP contribution in [0.25, 0.3) is 0 Å². The molecule has 66 valence electrons. The molecular weight excluding hydrogens is 166 g/mol. The lowest BCUT2D eigenvalue weighted by Gasteiger charge is -2.17. The molecule has 1 heterocycles. The number of ketones is 1. The quantitative estimate of drug-likeness (QED) is 0.676. The van der Waals surface area contributed by atoms with Gasteiger partial charge in [0, 0.05) is 6.21 Å². The second kappa shape index (κ2) is 2.78. The van der Waals surface area contributed by atoms with E-state index in [2.05, 4.69) is 4.99 Å². The van der Waals surface area contributed by atoms with Crippen LogP contribution in [-0.2, 0) is 10.4 Å². The first-order valence-electron chi connectivity index (χ1n) is 4.06. The van der Waals surface area contributed by atoms with Crippen molar-refractivity contribution in [3.05, 3.63) is 35.9 Å². The lowest BCUT2D eigenvalue weighted by atomic mass is 9.92. The number of benzene rings is 1. The summed E-state index contributed by atoms with van der Waals surface area (Å²) in [4.78, 5) is 15.1. The number of hydrogen-bond acceptors (Lipinski definition) is 3. The van der Waals surface area contributed by atoms with Gasteiger partial charge < -0.3 is 5.11 Å². The van der Waals surface area contributed by atoms with E-state index >= 15 is 0 Å². The molecule has 1 N–H and O–H groups in total. The van der Waals surface area contributed by atoms with Gasteiger partial charge in [-0.15, -0.1) is 0 Å². The molecule has 0 spiro atoms. The highest BCUT2D eigenvalue weighted by molar-refractivity contribution is 6.08. The minimum Gasteiger partial charge on any atom is -0.372 e. The van der Waals surface area contributed by atoms with Gasteiger partial charge in [0.15, 0.2) is 11.4 Å². The second-order valence-electron chi connectivity index (χ2n) is 3.03. The van der Waals surface area contributed by atoms with E-state index in [0.29, 0.717) is 5.56 Å². The van der Waals surface area contributed by atoms with Gasteiger partial charge in [-0.25, -0.2) is 0 Å². The fraction of sp³-hybridized carbons (Fsp3) is 0.200. The van der Waals surface area contributed by atoms with E-state index in [0.717, 1.165) is 0 Å². The Hall–Kier alpha value is -1.48. The van der Waals surface area contributed by atoms with E-state index in [1.165, 1.54) is 6.21 Å². The monoisotopic (exact) mass is 175 g/mol. The Morgan fingerprint density at radius 1 is 1.31 bits per heavy atom. The topological polar surface area (TPSA) is 49.7 Å². The summed E-state index contributed by atoms with van der Waals surface area (Å²) in [6.07, 6.45) is 1.31. The number of carbonyl (C=O) groups is 1. The summed E-state index contributed by atoms with van der Waals surface area (Å²) in [7, 11) is 0. The molecule has 0 aromatic heterocycles. The summed E-state index contributed by atoms with van der Waals surface area (Å²) in [6.45, 7) is 0.0748. The van der Waals surface area contributed by atoms with Crippen LogP contribution in [0.2, 0.25) is 0 Å². The van der Waals surface area contributed by atoms with Crippen molar-refractivity contribution >= 4 is 12.0 Å². The number of hydrogen-bond donors (Lipinski definition) is 1. The molecule has 0 saturated carbocycles. The lowest BCUT2D eigenvalue weighted by Crippen LogP contribution is -2.34. The summed E-state index contributed by atoms with van der Waals surface area (Å²) in [5.41, 5.74) is -0.900. The van der Waals surface area contributed by atoms with Gasteiger partial charge >= 0.3 is 0 Å². The van der Waals surface area contributed by atoms with Crippen molar-refractivity contribution < 1.29 is 9.90 Å². The van der Waals surface area contributed by atoms with Crippen LogP contribution in [0.4, 0.5) is 0 Å². The Morgan fingerprint density at radius 2 is 2.00 bits per heavy atom. The highest BCUT2D eigenvalue weighted by atomic mass is 16.3. The van der Waals surface area contributed by atoms with Crippen LogP contribution in [0.3, 0.4) is 0 Å². The number of rotatable bonds is 1. The summed E-state index contributed by atoms with van der Waals surface area (Å²) >= 11 is 0. The molecule has 0 aliphatic carbocycles. The van der Waals surface area contributed by atoms with Gasteiger partial charge in [0.05, 0.1) is 0 Å². The van der Waals surface area contributed by atoms with Crippen LogP contribution in [0.15, 0.2) is 35.3 Å². The Kier molecular flexibility index (Phi) is 1.74. The SMILES string of the molecule is O=C1CN=C[C@@]1(O)c1ccccc1. The highest BCUT2D eigenvalue weighted by Gasteiger charge is 2.38. The van der Waals surface area contributed by atoms with Gasteiger partial charge in [-0.2, -0.15) is 0 Å². The Balaban J connectivity index is 2.46. The third kappa shape index (κ3) is 1.17. The first-order chi connectivity index (χ1) is 6.23. The van der Waals surface area contributed by atoms with Gasteiger partial charge in [0.25, 0.3) is 0 Å². The molecule has 0 saturated heterocycles. The number of carbonyl (C=O) groups excluding carboxylic acids is 1. The number of Topliss-reactive ketones (excluding diaryl/α,β-unsaturated/α-hetero) is 1. The van der Waals surface area contributed by atoms with Crippen LogP contribution < -0.4 is 0 Å². The maximum Gasteiger partial charge on any atom is 0.195 e. The molecular formula is C10H9NO2. The molecule has 1 aliphatic rings. The molecule has 0 fully saturated rings. The van der Waals surface area contributed by atoms with Crippen molar-refractivity contribution in [1.82, 2.24) is 0 Å². The van der Waals surface area contributed by atoms with Crippen LogP contribution in [0.1, 0.15) is 5.56 Å². The normalized spacial score (nSPS) is 26.7. The van der Waals surface area contributed by atoms with Crippen LogP contribution in [-0.4, -0.2) is 23.6 Å². The van der Waals surface area contributed by atoms with Crippen molar-refractivity contribution in [2.24, 2.45) is 4.99 Å². The van der Waals surface area contributed by atoms with Gasteiger partial charge in [0.2, 0.25) is 0 Å². The molecule has 0 unspecified atom stereocenters. The van der Waals surface area contributed by atoms with E-state index in [-0.39, 0.29) is 12.3 Å². The van der Waals surface area contributed by atoms with Crippen molar-refractivity contribution in [2.45, 2.75) is 5.60 Å². The molecule has 1 aliphatic heterocycles. The molecule has 3 heteroatoms. The third-order valence-electron chi connectivity index (χ3n) is 2.15. The minimum absolute atomic E-state index is 0.0748. The van der Waals surface area contributed by atoms with Crippen molar-refractivity contribution in [2.75, 3.05) is 6.54 Å². The van der Waals surface area contributed by atoms with Crippen LogP contribution in [0.5, 0.6) is 0 Å². The van der Waals surface area contributed by atoms with Gasteiger partial charge in [0.1, 0.15) is 6.54 Å². The minimum atomic E-state index is -1.48. The Labute approximate surface area is 75.7 Å². The van der Waals surface area contributed by atoms with Crippen LogP contribution >= 0.6 is 0 Å². The Bertz CT molecular complexity index is 358. The fourth-order valence-electron chi connectivity index (χ4n) is 1.38. The number of aliphatic imine (C=N–C) groups is 1. The standard InChI is InChI=1S/C10H9NO2/c12-9-6-11-7-10(9,13)8-4-2-1-3-5-8/h1-5,7,13H,6H2/t10-/m1/s1. The molecule has 3 nitrogen and oxygen atoms in total. The molecule has 2 rings (SSSR count). The van der Waals surface area contributed by atoms with E-state index in [1.54, 1.807) is 24.3 Å². The van der Waals surface area contributed by atoms with Gasteiger partial charge in [-0.05, 0) is 5.56 Å². The number of nitrogens with zero attached hydrogens (tertiary/aromatic N) is 1. The predicted molar refractivity (Wildman–Crippen MR) is 48.7 cm³/mol. The van der Waals surface area contributed by atoms with Gasteiger partial charge in [-0.3, -0.25) is 9.79 Å².